The Kier molecular flexibility index (Phi) is 5.70. The topological polar surface area (TPSA) is 51.0 Å². The van der Waals surface area contributed by atoms with Crippen LogP contribution >= 0.6 is 0 Å². The van der Waals surface area contributed by atoms with Crippen molar-refractivity contribution in [3.05, 3.63) is 85.1 Å². The summed E-state index contributed by atoms with van der Waals surface area (Å²) in [5, 5.41) is 0.877. The zero-order chi connectivity index (χ0) is 20.9. The summed E-state index contributed by atoms with van der Waals surface area (Å²) < 4.78 is 14.4. The lowest BCUT2D eigenvalue weighted by Crippen LogP contribution is -1.95. The number of benzene rings is 1. The molecule has 0 aliphatic rings. The molecule has 3 aromatic heterocycles. The molecule has 0 N–H and O–H groups in total. The first-order valence-electron chi connectivity index (χ1n) is 9.82. The number of hydrogen-bond acceptors (Lipinski definition) is 4. The third kappa shape index (κ3) is 4.01. The normalized spacial score (nSPS) is 11.3. The number of hydrogen-bond donors (Lipinski definition) is 0. The molecule has 0 radical (unpaired) electrons. The van der Waals surface area contributed by atoms with E-state index in [1.165, 1.54) is 6.07 Å². The molecule has 4 rings (SSSR count). The summed E-state index contributed by atoms with van der Waals surface area (Å²) in [5.74, 6) is -0.321. The second kappa shape index (κ2) is 8.74. The molecule has 0 atom stereocenters. The van der Waals surface area contributed by atoms with Crippen LogP contribution in [0.5, 0.6) is 0 Å². The van der Waals surface area contributed by atoms with Gasteiger partial charge in [-0.05, 0) is 54.0 Å². The Morgan fingerprint density at radius 1 is 1.10 bits per heavy atom. The lowest BCUT2D eigenvalue weighted by molar-refractivity contribution is 0.631. The Bertz CT molecular complexity index is 1250. The van der Waals surface area contributed by atoms with Crippen molar-refractivity contribution in [2.45, 2.75) is 13.3 Å². The van der Waals surface area contributed by atoms with Crippen molar-refractivity contribution in [1.82, 2.24) is 15.0 Å². The van der Waals surface area contributed by atoms with Gasteiger partial charge in [-0.25, -0.2) is 14.4 Å². The van der Waals surface area contributed by atoms with Gasteiger partial charge in [0.2, 0.25) is 0 Å². The Morgan fingerprint density at radius 3 is 2.80 bits per heavy atom. The highest BCUT2D eigenvalue weighted by atomic mass is 19.1. The summed E-state index contributed by atoms with van der Waals surface area (Å²) in [6, 6.07) is 14.3. The minimum atomic E-state index is -0.321. The second-order valence-corrected chi connectivity index (χ2v) is 6.93. The van der Waals surface area contributed by atoms with Crippen molar-refractivity contribution in [2.75, 3.05) is 6.54 Å². The van der Waals surface area contributed by atoms with Gasteiger partial charge in [-0.2, -0.15) is 0 Å². The number of nitrogens with zero attached hydrogens (tertiary/aromatic N) is 4. The summed E-state index contributed by atoms with van der Waals surface area (Å²) in [6.07, 6.45) is 8.00. The van der Waals surface area contributed by atoms with Crippen molar-refractivity contribution in [3.63, 3.8) is 0 Å². The van der Waals surface area contributed by atoms with Crippen molar-refractivity contribution in [1.29, 1.82) is 0 Å². The van der Waals surface area contributed by atoms with E-state index in [9.17, 15) is 4.39 Å². The summed E-state index contributed by atoms with van der Waals surface area (Å²) in [5.41, 5.74) is 4.98. The highest BCUT2D eigenvalue weighted by Crippen LogP contribution is 2.32. The maximum Gasteiger partial charge on any atom is 0.160 e. The molecule has 0 spiro atoms. The fourth-order valence-corrected chi connectivity index (χ4v) is 3.24. The van der Waals surface area contributed by atoms with Gasteiger partial charge in [0.15, 0.2) is 5.65 Å². The van der Waals surface area contributed by atoms with E-state index in [1.54, 1.807) is 43.0 Å². The molecule has 5 heteroatoms. The first kappa shape index (κ1) is 19.6. The number of halogens is 1. The number of rotatable bonds is 6. The highest BCUT2D eigenvalue weighted by Gasteiger charge is 2.13. The molecule has 4 aromatic rings. The van der Waals surface area contributed by atoms with Crippen LogP contribution in [0.1, 0.15) is 18.9 Å². The van der Waals surface area contributed by atoms with Gasteiger partial charge in [-0.15, -0.1) is 0 Å². The average Bonchev–Trinajstić information content (AvgIpc) is 2.79. The molecule has 4 nitrogen and oxygen atoms in total. The largest absolute Gasteiger partial charge is 0.293 e. The van der Waals surface area contributed by atoms with Crippen LogP contribution in [0.15, 0.2) is 78.7 Å². The molecule has 148 valence electrons. The fourth-order valence-electron chi connectivity index (χ4n) is 3.24. The zero-order valence-corrected chi connectivity index (χ0v) is 16.7. The van der Waals surface area contributed by atoms with Gasteiger partial charge in [-0.1, -0.05) is 25.6 Å². The Balaban J connectivity index is 1.86. The molecule has 0 unspecified atom stereocenters. The van der Waals surface area contributed by atoms with Gasteiger partial charge < -0.3 is 0 Å². The molecule has 0 fully saturated rings. The maximum absolute atomic E-state index is 14.4. The van der Waals surface area contributed by atoms with E-state index in [-0.39, 0.29) is 5.82 Å². The van der Waals surface area contributed by atoms with Crippen LogP contribution in [0.3, 0.4) is 0 Å². The van der Waals surface area contributed by atoms with E-state index in [0.717, 1.165) is 40.6 Å². The summed E-state index contributed by atoms with van der Waals surface area (Å²) >= 11 is 0. The van der Waals surface area contributed by atoms with Crippen LogP contribution in [-0.4, -0.2) is 27.7 Å². The number of aromatic nitrogens is 3. The molecule has 1 aromatic carbocycles. The minimum absolute atomic E-state index is 0.321. The molecule has 30 heavy (non-hydrogen) atoms. The number of pyridine rings is 3. The number of allylic oxidation sites excluding steroid dienone is 1. The van der Waals surface area contributed by atoms with Crippen LogP contribution in [0.2, 0.25) is 0 Å². The lowest BCUT2D eigenvalue weighted by Gasteiger charge is -2.11. The van der Waals surface area contributed by atoms with Crippen molar-refractivity contribution < 1.29 is 4.39 Å². The third-order valence-corrected chi connectivity index (χ3v) is 4.75. The van der Waals surface area contributed by atoms with E-state index < -0.39 is 0 Å². The van der Waals surface area contributed by atoms with E-state index >= 15 is 0 Å². The van der Waals surface area contributed by atoms with E-state index in [2.05, 4.69) is 33.4 Å². The quantitative estimate of drug-likeness (QED) is 0.376. The molecule has 0 bridgehead atoms. The van der Waals surface area contributed by atoms with Crippen LogP contribution in [0.4, 0.5) is 4.39 Å². The van der Waals surface area contributed by atoms with Gasteiger partial charge in [0.1, 0.15) is 5.82 Å². The summed E-state index contributed by atoms with van der Waals surface area (Å²) in [6.45, 7) is 6.95. The molecule has 0 aliphatic carbocycles. The first-order chi connectivity index (χ1) is 14.7. The van der Waals surface area contributed by atoms with Gasteiger partial charge >= 0.3 is 0 Å². The zero-order valence-electron chi connectivity index (χ0n) is 16.7. The van der Waals surface area contributed by atoms with E-state index in [0.29, 0.717) is 16.9 Å². The van der Waals surface area contributed by atoms with Crippen molar-refractivity contribution in [2.24, 2.45) is 4.99 Å². The van der Waals surface area contributed by atoms with Crippen LogP contribution in [0.25, 0.3) is 39.0 Å². The summed E-state index contributed by atoms with van der Waals surface area (Å²) in [7, 11) is 0. The van der Waals surface area contributed by atoms with Crippen LogP contribution in [-0.2, 0) is 0 Å². The molecule has 0 amide bonds. The van der Waals surface area contributed by atoms with Gasteiger partial charge in [0, 0.05) is 53.4 Å². The lowest BCUT2D eigenvalue weighted by atomic mass is 9.98. The van der Waals surface area contributed by atoms with Crippen molar-refractivity contribution >= 4 is 22.8 Å². The standard InChI is InChI=1S/C25H21FN4/c1-3-10-27-14-17(2)18-12-19(16-28-15-18)22-13-24(21-7-4-5-9-23(21)26)30-25-20(22)8-6-11-29-25/h4-9,11-16H,2-3,10H2,1H3/b27-14-. The Morgan fingerprint density at radius 2 is 1.97 bits per heavy atom. The monoisotopic (exact) mass is 396 g/mol. The molecule has 0 aliphatic heterocycles. The number of aliphatic imine (C=N–C) groups is 1. The number of fused-ring (bicyclic) bond motifs is 1. The maximum atomic E-state index is 14.4. The SMILES string of the molecule is C=C(/C=N\CCC)c1cncc(-c2cc(-c3ccccc3F)nc3ncccc23)c1. The fraction of sp³-hybridized carbons (Fsp3) is 0.120. The van der Waals surface area contributed by atoms with Crippen LogP contribution < -0.4 is 0 Å². The third-order valence-electron chi connectivity index (χ3n) is 4.75. The summed E-state index contributed by atoms with van der Waals surface area (Å²) in [4.78, 5) is 17.8. The molecule has 0 saturated carbocycles. The molecular formula is C25H21FN4. The molecular weight excluding hydrogens is 375 g/mol. The molecule has 3 heterocycles. The minimum Gasteiger partial charge on any atom is -0.293 e. The molecule has 0 saturated heterocycles. The smallest absolute Gasteiger partial charge is 0.160 e. The van der Waals surface area contributed by atoms with E-state index in [4.69, 9.17) is 0 Å². The average molecular weight is 396 g/mol. The Labute approximate surface area is 174 Å². The Hall–Kier alpha value is -3.73. The van der Waals surface area contributed by atoms with Gasteiger partial charge in [-0.3, -0.25) is 9.98 Å². The van der Waals surface area contributed by atoms with Crippen molar-refractivity contribution in [3.8, 4) is 22.4 Å². The second-order valence-electron chi connectivity index (χ2n) is 6.93. The van der Waals surface area contributed by atoms with Crippen LogP contribution in [0, 0.1) is 5.82 Å². The highest BCUT2D eigenvalue weighted by molar-refractivity contribution is 6.09. The van der Waals surface area contributed by atoms with Gasteiger partial charge in [0.25, 0.3) is 0 Å². The van der Waals surface area contributed by atoms with Gasteiger partial charge in [0.05, 0.1) is 5.69 Å². The first-order valence-corrected chi connectivity index (χ1v) is 9.82. The predicted octanol–water partition coefficient (Wildman–Crippen LogP) is 5.99. The van der Waals surface area contributed by atoms with E-state index in [1.807, 2.05) is 24.3 Å². The predicted molar refractivity (Wildman–Crippen MR) is 121 cm³/mol.